The summed E-state index contributed by atoms with van der Waals surface area (Å²) in [5.41, 5.74) is -0.000709. The smallest absolute Gasteiger partial charge is 0.304 e. The Balaban J connectivity index is 2.09. The summed E-state index contributed by atoms with van der Waals surface area (Å²) in [5.74, 6) is -0.678. The van der Waals surface area contributed by atoms with Crippen LogP contribution in [-0.4, -0.2) is 11.7 Å². The second-order valence-electron chi connectivity index (χ2n) is 4.59. The van der Waals surface area contributed by atoms with Crippen molar-refractivity contribution in [3.05, 3.63) is 58.3 Å². The number of amides is 2. The van der Waals surface area contributed by atoms with Crippen molar-refractivity contribution >= 4 is 23.3 Å². The van der Waals surface area contributed by atoms with E-state index in [0.29, 0.717) is 11.4 Å². The molecule has 0 radical (unpaired) electrons. The highest BCUT2D eigenvalue weighted by Gasteiger charge is 2.36. The minimum Gasteiger partial charge on any atom is -0.304 e. The molecule has 21 heavy (non-hydrogen) atoms. The second-order valence-corrected chi connectivity index (χ2v) is 5.00. The van der Waals surface area contributed by atoms with Crippen LogP contribution < -0.4 is 5.32 Å². The molecule has 1 N–H and O–H groups in total. The van der Waals surface area contributed by atoms with Crippen molar-refractivity contribution in [2.45, 2.75) is 12.1 Å². The Hall–Kier alpha value is -2.08. The van der Waals surface area contributed by atoms with E-state index in [0.717, 1.165) is 6.07 Å². The number of carbonyl (C=O) groups excluding carboxylic acids is 1. The Labute approximate surface area is 122 Å². The molecule has 0 bridgehead atoms. The number of urea groups is 1. The van der Waals surface area contributed by atoms with Gasteiger partial charge in [0.25, 0.3) is 0 Å². The van der Waals surface area contributed by atoms with E-state index >= 15 is 0 Å². The third-order valence-corrected chi connectivity index (χ3v) is 3.57. The Morgan fingerprint density at radius 3 is 2.76 bits per heavy atom. The van der Waals surface area contributed by atoms with Crippen LogP contribution in [0.2, 0.25) is 5.02 Å². The van der Waals surface area contributed by atoms with Crippen LogP contribution in [0.5, 0.6) is 0 Å². The van der Waals surface area contributed by atoms with Crippen molar-refractivity contribution in [1.82, 2.24) is 5.32 Å². The number of aliphatic imine (C=N–C) groups is 1. The van der Waals surface area contributed by atoms with Gasteiger partial charge in [0, 0.05) is 10.9 Å². The first-order valence-corrected chi connectivity index (χ1v) is 6.40. The fourth-order valence-electron chi connectivity index (χ4n) is 2.36. The average Bonchev–Trinajstić information content (AvgIpc) is 2.76. The van der Waals surface area contributed by atoms with E-state index in [1.54, 1.807) is 6.08 Å². The standard InChI is InChI=1S/C14H8ClF3N2O/c15-9-3-1-2-8(14(16,17)18)12(9)7-4-5-10-11(6-7)20-13(21)19-10/h1-7H,(H,20,21). The first-order valence-electron chi connectivity index (χ1n) is 6.02. The lowest BCUT2D eigenvalue weighted by atomic mass is 9.89. The van der Waals surface area contributed by atoms with E-state index in [9.17, 15) is 18.0 Å². The Morgan fingerprint density at radius 1 is 1.29 bits per heavy atom. The van der Waals surface area contributed by atoms with Crippen LogP contribution in [0.25, 0.3) is 0 Å². The van der Waals surface area contributed by atoms with E-state index in [1.165, 1.54) is 24.3 Å². The number of nitrogens with one attached hydrogen (secondary N) is 1. The molecule has 0 aromatic heterocycles. The molecule has 3 nitrogen and oxygen atoms in total. The van der Waals surface area contributed by atoms with Crippen molar-refractivity contribution in [3.63, 3.8) is 0 Å². The predicted molar refractivity (Wildman–Crippen MR) is 72.4 cm³/mol. The van der Waals surface area contributed by atoms with Crippen LogP contribution in [0.1, 0.15) is 17.0 Å². The summed E-state index contributed by atoms with van der Waals surface area (Å²) in [6.45, 7) is 0. The van der Waals surface area contributed by atoms with Gasteiger partial charge in [-0.2, -0.15) is 18.2 Å². The molecule has 7 heteroatoms. The van der Waals surface area contributed by atoms with Gasteiger partial charge in [-0.3, -0.25) is 0 Å². The largest absolute Gasteiger partial charge is 0.416 e. The highest BCUT2D eigenvalue weighted by molar-refractivity contribution is 6.31. The van der Waals surface area contributed by atoms with E-state index < -0.39 is 23.7 Å². The van der Waals surface area contributed by atoms with Crippen LogP contribution in [-0.2, 0) is 6.18 Å². The first kappa shape index (κ1) is 13.9. The molecule has 2 aliphatic rings. The summed E-state index contributed by atoms with van der Waals surface area (Å²) in [6.07, 6.45) is 0.0699. The van der Waals surface area contributed by atoms with Gasteiger partial charge in [0.05, 0.1) is 17.0 Å². The lowest BCUT2D eigenvalue weighted by Crippen LogP contribution is -2.18. The monoisotopic (exact) mass is 312 g/mol. The molecule has 1 aromatic rings. The molecule has 1 unspecified atom stereocenters. The zero-order valence-electron chi connectivity index (χ0n) is 10.4. The van der Waals surface area contributed by atoms with Gasteiger partial charge in [-0.15, -0.1) is 0 Å². The number of rotatable bonds is 1. The quantitative estimate of drug-likeness (QED) is 0.834. The number of fused-ring (bicyclic) bond motifs is 1. The number of carbonyl (C=O) groups is 1. The number of benzene rings is 1. The van der Waals surface area contributed by atoms with Crippen molar-refractivity contribution in [1.29, 1.82) is 0 Å². The fraction of sp³-hybridized carbons (Fsp3) is 0.143. The van der Waals surface area contributed by atoms with Gasteiger partial charge >= 0.3 is 12.2 Å². The van der Waals surface area contributed by atoms with Crippen molar-refractivity contribution < 1.29 is 18.0 Å². The van der Waals surface area contributed by atoms with Crippen LogP contribution in [0.4, 0.5) is 18.0 Å². The Morgan fingerprint density at radius 2 is 2.05 bits per heavy atom. The summed E-state index contributed by atoms with van der Waals surface area (Å²) in [5, 5.41) is 2.50. The lowest BCUT2D eigenvalue weighted by Gasteiger charge is -2.20. The van der Waals surface area contributed by atoms with Crippen molar-refractivity contribution in [3.8, 4) is 0 Å². The van der Waals surface area contributed by atoms with Gasteiger partial charge in [-0.1, -0.05) is 23.7 Å². The topological polar surface area (TPSA) is 41.5 Å². The molecule has 3 rings (SSSR count). The van der Waals surface area contributed by atoms with E-state index in [4.69, 9.17) is 11.6 Å². The Bertz CT molecular complexity index is 719. The average molecular weight is 313 g/mol. The summed E-state index contributed by atoms with van der Waals surface area (Å²) in [6, 6.07) is 3.13. The maximum atomic E-state index is 13.1. The van der Waals surface area contributed by atoms with Gasteiger partial charge in [0.2, 0.25) is 0 Å². The van der Waals surface area contributed by atoms with E-state index in [-0.39, 0.29) is 10.6 Å². The van der Waals surface area contributed by atoms with Gasteiger partial charge < -0.3 is 5.32 Å². The number of hydrogen-bond acceptors (Lipinski definition) is 1. The minimum absolute atomic E-state index is 0.0287. The molecule has 1 heterocycles. The predicted octanol–water partition coefficient (Wildman–Crippen LogP) is 4.06. The molecule has 0 saturated carbocycles. The molecule has 1 aliphatic carbocycles. The number of allylic oxidation sites excluding steroid dienone is 3. The SMILES string of the molecule is O=C1N=C2C=CC(c3c(Cl)cccc3C(F)(F)F)C=C2N1. The van der Waals surface area contributed by atoms with Gasteiger partial charge in [-0.05, 0) is 29.8 Å². The third-order valence-electron chi connectivity index (χ3n) is 3.24. The third kappa shape index (κ3) is 2.47. The van der Waals surface area contributed by atoms with Gasteiger partial charge in [0.15, 0.2) is 0 Å². The molecular formula is C14H8ClF3N2O. The normalized spacial score (nSPS) is 20.8. The number of alkyl halides is 3. The molecule has 108 valence electrons. The van der Waals surface area contributed by atoms with Crippen LogP contribution in [0.3, 0.4) is 0 Å². The molecule has 0 spiro atoms. The van der Waals surface area contributed by atoms with E-state index in [2.05, 4.69) is 10.3 Å². The summed E-state index contributed by atoms with van der Waals surface area (Å²) < 4.78 is 39.3. The summed E-state index contributed by atoms with van der Waals surface area (Å²) in [7, 11) is 0. The zero-order valence-corrected chi connectivity index (χ0v) is 11.2. The summed E-state index contributed by atoms with van der Waals surface area (Å²) >= 11 is 5.96. The lowest BCUT2D eigenvalue weighted by molar-refractivity contribution is -0.138. The summed E-state index contributed by atoms with van der Waals surface area (Å²) in [4.78, 5) is 14.9. The highest BCUT2D eigenvalue weighted by Crippen LogP contribution is 2.40. The molecule has 0 fully saturated rings. The van der Waals surface area contributed by atoms with E-state index in [1.807, 2.05) is 0 Å². The Kier molecular flexibility index (Phi) is 3.13. The highest BCUT2D eigenvalue weighted by atomic mass is 35.5. The maximum Gasteiger partial charge on any atom is 0.416 e. The molecular weight excluding hydrogens is 305 g/mol. The molecule has 1 atom stereocenters. The first-order chi connectivity index (χ1) is 9.86. The molecule has 0 saturated heterocycles. The zero-order chi connectivity index (χ0) is 15.2. The van der Waals surface area contributed by atoms with Crippen LogP contribution in [0, 0.1) is 0 Å². The van der Waals surface area contributed by atoms with Gasteiger partial charge in [0.1, 0.15) is 0 Å². The number of halogens is 4. The van der Waals surface area contributed by atoms with Gasteiger partial charge in [-0.25, -0.2) is 4.79 Å². The molecule has 1 aliphatic heterocycles. The van der Waals surface area contributed by atoms with Crippen LogP contribution >= 0.6 is 11.6 Å². The van der Waals surface area contributed by atoms with Crippen molar-refractivity contribution in [2.24, 2.45) is 4.99 Å². The fourth-order valence-corrected chi connectivity index (χ4v) is 2.66. The van der Waals surface area contributed by atoms with Crippen molar-refractivity contribution in [2.75, 3.05) is 0 Å². The maximum absolute atomic E-state index is 13.1. The number of hydrogen-bond donors (Lipinski definition) is 1. The number of nitrogens with zero attached hydrogens (tertiary/aromatic N) is 1. The van der Waals surface area contributed by atoms with Crippen LogP contribution in [0.15, 0.2) is 47.1 Å². The second kappa shape index (κ2) is 4.73. The minimum atomic E-state index is -4.50. The molecule has 1 aromatic carbocycles. The molecule has 2 amide bonds.